The Hall–Kier alpha value is -3.96. The molecule has 1 amide bonds. The first-order valence-corrected chi connectivity index (χ1v) is 12.3. The maximum atomic E-state index is 12.5. The Bertz CT molecular complexity index is 1260. The van der Waals surface area contributed by atoms with Gasteiger partial charge in [0.25, 0.3) is 5.91 Å². The molecule has 0 spiro atoms. The summed E-state index contributed by atoms with van der Waals surface area (Å²) >= 11 is 0. The monoisotopic (exact) mass is 498 g/mol. The Morgan fingerprint density at radius 2 is 1.74 bits per heavy atom. The number of carbonyl (C=O) groups is 2. The fraction of sp³-hybridized carbons (Fsp3) is 0.208. The summed E-state index contributed by atoms with van der Waals surface area (Å²) in [6, 6.07) is 16.4. The van der Waals surface area contributed by atoms with Gasteiger partial charge in [0.1, 0.15) is 17.1 Å². The second-order valence-electron chi connectivity index (χ2n) is 7.35. The second-order valence-corrected chi connectivity index (χ2v) is 8.91. The standard InChI is InChI=1S/C24H26N4O6S/c1-2-33-19-9-7-18(8-10-19)28-23-21(4-3-14-27-23)24(30)34-16-22(29)26-15-13-17-5-11-20(12-6-17)35(25,31)32/h3-12,14H,2,13,15-16H2,1H3,(H,26,29)(H,27,28)(H2,25,31,32). The van der Waals surface area contributed by atoms with Crippen LogP contribution in [0.1, 0.15) is 22.8 Å². The number of esters is 1. The fourth-order valence-corrected chi connectivity index (χ4v) is 3.57. The Labute approximate surface area is 203 Å². The van der Waals surface area contributed by atoms with Crippen LogP contribution >= 0.6 is 0 Å². The number of pyridine rings is 1. The Morgan fingerprint density at radius 1 is 1.03 bits per heavy atom. The van der Waals surface area contributed by atoms with Crippen LogP contribution in [0.4, 0.5) is 11.5 Å². The highest BCUT2D eigenvalue weighted by Crippen LogP contribution is 2.22. The van der Waals surface area contributed by atoms with Crippen LogP contribution in [-0.4, -0.2) is 45.0 Å². The van der Waals surface area contributed by atoms with Crippen molar-refractivity contribution in [1.82, 2.24) is 10.3 Å². The molecule has 0 atom stereocenters. The van der Waals surface area contributed by atoms with Crippen molar-refractivity contribution in [2.75, 3.05) is 25.1 Å². The number of benzene rings is 2. The Morgan fingerprint density at radius 3 is 2.40 bits per heavy atom. The number of ether oxygens (including phenoxy) is 2. The average molecular weight is 499 g/mol. The molecule has 0 bridgehead atoms. The number of anilines is 2. The van der Waals surface area contributed by atoms with E-state index in [1.807, 2.05) is 6.92 Å². The number of primary sulfonamides is 1. The largest absolute Gasteiger partial charge is 0.494 e. The zero-order valence-electron chi connectivity index (χ0n) is 19.1. The van der Waals surface area contributed by atoms with Crippen molar-refractivity contribution in [3.63, 3.8) is 0 Å². The van der Waals surface area contributed by atoms with Gasteiger partial charge in [-0.15, -0.1) is 0 Å². The van der Waals surface area contributed by atoms with Gasteiger partial charge < -0.3 is 20.1 Å². The maximum Gasteiger partial charge on any atom is 0.342 e. The molecule has 0 aliphatic rings. The van der Waals surface area contributed by atoms with E-state index >= 15 is 0 Å². The van der Waals surface area contributed by atoms with Crippen LogP contribution in [0.5, 0.6) is 5.75 Å². The predicted molar refractivity (Wildman–Crippen MR) is 130 cm³/mol. The van der Waals surface area contributed by atoms with Crippen LogP contribution in [0.3, 0.4) is 0 Å². The molecule has 1 aromatic heterocycles. The number of nitrogens with two attached hydrogens (primary N) is 1. The summed E-state index contributed by atoms with van der Waals surface area (Å²) in [7, 11) is -3.75. The van der Waals surface area contributed by atoms with Gasteiger partial charge in [-0.05, 0) is 67.4 Å². The Balaban J connectivity index is 1.49. The van der Waals surface area contributed by atoms with E-state index in [1.165, 1.54) is 18.3 Å². The SMILES string of the molecule is CCOc1ccc(Nc2ncccc2C(=O)OCC(=O)NCCc2ccc(S(N)(=O)=O)cc2)cc1. The first kappa shape index (κ1) is 25.7. The van der Waals surface area contributed by atoms with Gasteiger partial charge >= 0.3 is 5.97 Å². The summed E-state index contributed by atoms with van der Waals surface area (Å²) in [6.07, 6.45) is 2.00. The van der Waals surface area contributed by atoms with Crippen molar-refractivity contribution in [2.24, 2.45) is 5.14 Å². The molecule has 4 N–H and O–H groups in total. The van der Waals surface area contributed by atoms with Crippen molar-refractivity contribution >= 4 is 33.4 Å². The van der Waals surface area contributed by atoms with Crippen LogP contribution in [0.15, 0.2) is 71.8 Å². The van der Waals surface area contributed by atoms with E-state index in [1.54, 1.807) is 48.5 Å². The molecule has 0 fully saturated rings. The lowest BCUT2D eigenvalue weighted by Crippen LogP contribution is -2.30. The second kappa shape index (κ2) is 12.0. The zero-order valence-corrected chi connectivity index (χ0v) is 19.9. The molecule has 0 unspecified atom stereocenters. The molecule has 11 heteroatoms. The highest BCUT2D eigenvalue weighted by Gasteiger charge is 2.16. The number of carbonyl (C=O) groups excluding carboxylic acids is 2. The van der Waals surface area contributed by atoms with Gasteiger partial charge in [0.2, 0.25) is 10.0 Å². The van der Waals surface area contributed by atoms with E-state index in [0.717, 1.165) is 11.3 Å². The van der Waals surface area contributed by atoms with E-state index < -0.39 is 28.5 Å². The van der Waals surface area contributed by atoms with Gasteiger partial charge in [0.05, 0.1) is 11.5 Å². The molecule has 0 radical (unpaired) electrons. The molecule has 3 aromatic rings. The molecular weight excluding hydrogens is 472 g/mol. The number of hydrogen-bond donors (Lipinski definition) is 3. The number of rotatable bonds is 11. The third-order valence-corrected chi connectivity index (χ3v) is 5.71. The third-order valence-electron chi connectivity index (χ3n) is 4.78. The van der Waals surface area contributed by atoms with Crippen molar-refractivity contribution in [2.45, 2.75) is 18.2 Å². The van der Waals surface area contributed by atoms with Crippen molar-refractivity contribution < 1.29 is 27.5 Å². The minimum absolute atomic E-state index is 0.0176. The fourth-order valence-electron chi connectivity index (χ4n) is 3.06. The van der Waals surface area contributed by atoms with Gasteiger partial charge in [-0.3, -0.25) is 4.79 Å². The molecule has 0 saturated carbocycles. The topological polar surface area (TPSA) is 150 Å². The first-order chi connectivity index (χ1) is 16.8. The Kier molecular flexibility index (Phi) is 8.76. The van der Waals surface area contributed by atoms with E-state index in [9.17, 15) is 18.0 Å². The quantitative estimate of drug-likeness (QED) is 0.341. The minimum atomic E-state index is -3.75. The summed E-state index contributed by atoms with van der Waals surface area (Å²) in [4.78, 5) is 28.8. The molecule has 0 aliphatic heterocycles. The molecule has 184 valence electrons. The molecule has 0 saturated heterocycles. The third kappa shape index (κ3) is 7.80. The van der Waals surface area contributed by atoms with Crippen LogP contribution in [-0.2, 0) is 26.0 Å². The number of nitrogens with zero attached hydrogens (tertiary/aromatic N) is 1. The van der Waals surface area contributed by atoms with E-state index in [-0.39, 0.29) is 17.0 Å². The van der Waals surface area contributed by atoms with Crippen molar-refractivity contribution in [3.8, 4) is 5.75 Å². The zero-order chi connectivity index (χ0) is 25.3. The maximum absolute atomic E-state index is 12.5. The van der Waals surface area contributed by atoms with Crippen LogP contribution in [0, 0.1) is 0 Å². The number of sulfonamides is 1. The number of amides is 1. The lowest BCUT2D eigenvalue weighted by molar-refractivity contribution is -0.124. The van der Waals surface area contributed by atoms with Crippen LogP contribution in [0.25, 0.3) is 0 Å². The summed E-state index contributed by atoms with van der Waals surface area (Å²) in [5.41, 5.74) is 1.70. The van der Waals surface area contributed by atoms with Gasteiger partial charge in [0.15, 0.2) is 6.61 Å². The lowest BCUT2D eigenvalue weighted by atomic mass is 10.1. The molecule has 0 aliphatic carbocycles. The summed E-state index contributed by atoms with van der Waals surface area (Å²) in [5, 5.41) is 10.8. The number of aromatic nitrogens is 1. The molecule has 3 rings (SSSR count). The highest BCUT2D eigenvalue weighted by molar-refractivity contribution is 7.89. The average Bonchev–Trinajstić information content (AvgIpc) is 2.84. The van der Waals surface area contributed by atoms with Crippen LogP contribution in [0.2, 0.25) is 0 Å². The summed E-state index contributed by atoms with van der Waals surface area (Å²) in [6.45, 7) is 2.28. The molecule has 1 heterocycles. The summed E-state index contributed by atoms with van der Waals surface area (Å²) < 4.78 is 33.1. The van der Waals surface area contributed by atoms with Crippen LogP contribution < -0.4 is 20.5 Å². The smallest absolute Gasteiger partial charge is 0.342 e. The molecular formula is C24H26N4O6S. The minimum Gasteiger partial charge on any atom is -0.494 e. The van der Waals surface area contributed by atoms with E-state index in [2.05, 4.69) is 15.6 Å². The molecule has 10 nitrogen and oxygen atoms in total. The van der Waals surface area contributed by atoms with Crippen molar-refractivity contribution in [3.05, 3.63) is 78.0 Å². The summed E-state index contributed by atoms with van der Waals surface area (Å²) in [5.74, 6) is -0.139. The molecule has 35 heavy (non-hydrogen) atoms. The normalized spacial score (nSPS) is 10.9. The number of hydrogen-bond acceptors (Lipinski definition) is 8. The van der Waals surface area contributed by atoms with Crippen molar-refractivity contribution in [1.29, 1.82) is 0 Å². The van der Waals surface area contributed by atoms with Gasteiger partial charge in [-0.1, -0.05) is 12.1 Å². The van der Waals surface area contributed by atoms with E-state index in [0.29, 0.717) is 24.5 Å². The lowest BCUT2D eigenvalue weighted by Gasteiger charge is -2.11. The van der Waals surface area contributed by atoms with Gasteiger partial charge in [-0.2, -0.15) is 0 Å². The molecule has 2 aromatic carbocycles. The van der Waals surface area contributed by atoms with E-state index in [4.69, 9.17) is 14.6 Å². The van der Waals surface area contributed by atoms with Gasteiger partial charge in [-0.25, -0.2) is 23.3 Å². The predicted octanol–water partition coefficient (Wildman–Crippen LogP) is 2.39. The van der Waals surface area contributed by atoms with Gasteiger partial charge in [0, 0.05) is 18.4 Å². The highest BCUT2D eigenvalue weighted by atomic mass is 32.2. The first-order valence-electron chi connectivity index (χ1n) is 10.8. The number of nitrogens with one attached hydrogen (secondary N) is 2.